The molecule has 0 aliphatic heterocycles. The fourth-order valence-corrected chi connectivity index (χ4v) is 2.62. The number of rotatable bonds is 4. The highest BCUT2D eigenvalue weighted by atomic mass is 79.9. The molecule has 0 saturated carbocycles. The van der Waals surface area contributed by atoms with Gasteiger partial charge in [-0.25, -0.2) is 9.97 Å². The van der Waals surface area contributed by atoms with Crippen LogP contribution in [0.25, 0.3) is 0 Å². The summed E-state index contributed by atoms with van der Waals surface area (Å²) < 4.78 is 1.88. The Kier molecular flexibility index (Phi) is 5.37. The van der Waals surface area contributed by atoms with Crippen molar-refractivity contribution in [2.45, 2.75) is 26.2 Å². The number of hydrogen-bond donors (Lipinski definition) is 0. The van der Waals surface area contributed by atoms with Gasteiger partial charge in [0.2, 0.25) is 0 Å². The Labute approximate surface area is 134 Å². The number of aryl methyl sites for hydroxylation is 1. The minimum absolute atomic E-state index is 0.491. The van der Waals surface area contributed by atoms with Gasteiger partial charge in [0.05, 0.1) is 10.2 Å². The average Bonchev–Trinajstić information content (AvgIpc) is 2.38. The quantitative estimate of drug-likeness (QED) is 0.655. The van der Waals surface area contributed by atoms with Crippen LogP contribution < -0.4 is 0 Å². The molecule has 0 radical (unpaired) electrons. The van der Waals surface area contributed by atoms with Crippen LogP contribution in [-0.2, 0) is 12.8 Å². The number of nitrogens with zero attached hydrogens (tertiary/aromatic N) is 2. The van der Waals surface area contributed by atoms with Crippen LogP contribution >= 0.6 is 43.5 Å². The van der Waals surface area contributed by atoms with E-state index in [1.54, 1.807) is 0 Å². The monoisotopic (exact) mass is 402 g/mol. The van der Waals surface area contributed by atoms with Crippen LogP contribution in [0.5, 0.6) is 0 Å². The van der Waals surface area contributed by atoms with E-state index in [1.807, 2.05) is 12.1 Å². The Hall–Kier alpha value is -0.450. The first kappa shape index (κ1) is 14.9. The van der Waals surface area contributed by atoms with Crippen LogP contribution in [0, 0.1) is 0 Å². The van der Waals surface area contributed by atoms with Gasteiger partial charge in [-0.1, -0.05) is 53.0 Å². The summed E-state index contributed by atoms with van der Waals surface area (Å²) >= 11 is 13.0. The third-order valence-electron chi connectivity index (χ3n) is 2.69. The minimum atomic E-state index is 0.491. The van der Waals surface area contributed by atoms with Crippen molar-refractivity contribution in [2.75, 3.05) is 0 Å². The van der Waals surface area contributed by atoms with Crippen LogP contribution in [0.2, 0.25) is 5.15 Å². The molecule has 0 bridgehead atoms. The Bertz CT molecular complexity index is 570. The normalized spacial score (nSPS) is 10.7. The SMILES string of the molecule is CCCc1nc(Cc2ccc(Br)cc2)nc(Cl)c1Br. The molecule has 0 amide bonds. The Morgan fingerprint density at radius 1 is 1.11 bits per heavy atom. The Morgan fingerprint density at radius 3 is 2.42 bits per heavy atom. The molecule has 0 fully saturated rings. The van der Waals surface area contributed by atoms with E-state index >= 15 is 0 Å². The van der Waals surface area contributed by atoms with Crippen molar-refractivity contribution in [3.8, 4) is 0 Å². The summed E-state index contributed by atoms with van der Waals surface area (Å²) in [7, 11) is 0. The van der Waals surface area contributed by atoms with Gasteiger partial charge in [0.1, 0.15) is 11.0 Å². The summed E-state index contributed by atoms with van der Waals surface area (Å²) in [6.07, 6.45) is 2.62. The lowest BCUT2D eigenvalue weighted by Crippen LogP contribution is -2.02. The molecule has 2 rings (SSSR count). The number of benzene rings is 1. The predicted molar refractivity (Wildman–Crippen MR) is 85.7 cm³/mol. The summed E-state index contributed by atoms with van der Waals surface area (Å²) in [4.78, 5) is 8.92. The molecular formula is C14H13Br2ClN2. The van der Waals surface area contributed by atoms with Gasteiger partial charge in [0.25, 0.3) is 0 Å². The molecule has 1 aromatic heterocycles. The summed E-state index contributed by atoms with van der Waals surface area (Å²) in [5, 5.41) is 0.491. The Morgan fingerprint density at radius 2 is 1.79 bits per heavy atom. The molecule has 100 valence electrons. The lowest BCUT2D eigenvalue weighted by Gasteiger charge is -2.07. The van der Waals surface area contributed by atoms with E-state index in [4.69, 9.17) is 11.6 Å². The van der Waals surface area contributed by atoms with E-state index in [0.29, 0.717) is 11.6 Å². The maximum absolute atomic E-state index is 6.14. The summed E-state index contributed by atoms with van der Waals surface area (Å²) in [5.74, 6) is 0.763. The van der Waals surface area contributed by atoms with Crippen molar-refractivity contribution in [2.24, 2.45) is 0 Å². The molecule has 19 heavy (non-hydrogen) atoms. The van der Waals surface area contributed by atoms with Gasteiger partial charge >= 0.3 is 0 Å². The molecule has 0 aliphatic carbocycles. The molecule has 1 aromatic carbocycles. The van der Waals surface area contributed by atoms with E-state index in [9.17, 15) is 0 Å². The highest BCUT2D eigenvalue weighted by Gasteiger charge is 2.10. The van der Waals surface area contributed by atoms with Crippen molar-refractivity contribution in [3.63, 3.8) is 0 Å². The summed E-state index contributed by atoms with van der Waals surface area (Å²) in [5.41, 5.74) is 2.15. The molecule has 2 nitrogen and oxygen atoms in total. The zero-order valence-electron chi connectivity index (χ0n) is 10.5. The largest absolute Gasteiger partial charge is 0.236 e. The van der Waals surface area contributed by atoms with E-state index in [2.05, 4.69) is 60.9 Å². The van der Waals surface area contributed by atoms with Crippen molar-refractivity contribution in [1.29, 1.82) is 0 Å². The molecule has 1 heterocycles. The zero-order valence-corrected chi connectivity index (χ0v) is 14.4. The predicted octanol–water partition coefficient (Wildman–Crippen LogP) is 5.20. The molecule has 0 aliphatic rings. The van der Waals surface area contributed by atoms with Gasteiger partial charge in [0, 0.05) is 10.9 Å². The van der Waals surface area contributed by atoms with Gasteiger partial charge in [0.15, 0.2) is 0 Å². The highest BCUT2D eigenvalue weighted by molar-refractivity contribution is 9.10. The van der Waals surface area contributed by atoms with Gasteiger partial charge in [-0.3, -0.25) is 0 Å². The summed E-state index contributed by atoms with van der Waals surface area (Å²) in [6, 6.07) is 8.15. The summed E-state index contributed by atoms with van der Waals surface area (Å²) in [6.45, 7) is 2.12. The van der Waals surface area contributed by atoms with Gasteiger partial charge in [-0.05, 0) is 40.0 Å². The maximum atomic E-state index is 6.14. The first-order chi connectivity index (χ1) is 9.10. The zero-order chi connectivity index (χ0) is 13.8. The molecule has 0 atom stereocenters. The Balaban J connectivity index is 2.27. The molecule has 0 saturated heterocycles. The fraction of sp³-hybridized carbons (Fsp3) is 0.286. The fourth-order valence-electron chi connectivity index (χ4n) is 1.78. The van der Waals surface area contributed by atoms with Crippen molar-refractivity contribution in [1.82, 2.24) is 9.97 Å². The molecule has 0 N–H and O–H groups in total. The lowest BCUT2D eigenvalue weighted by molar-refractivity contribution is 0.834. The van der Waals surface area contributed by atoms with Crippen molar-refractivity contribution in [3.05, 3.63) is 55.4 Å². The second kappa shape index (κ2) is 6.82. The highest BCUT2D eigenvalue weighted by Crippen LogP contribution is 2.25. The standard InChI is InChI=1S/C14H13Br2ClN2/c1-2-3-11-13(16)14(17)19-12(18-11)8-9-4-6-10(15)7-5-9/h4-7H,2-3,8H2,1H3. The smallest absolute Gasteiger partial charge is 0.147 e. The molecule has 0 unspecified atom stereocenters. The van der Waals surface area contributed by atoms with E-state index in [-0.39, 0.29) is 0 Å². The number of halogens is 3. The molecule has 0 spiro atoms. The van der Waals surface area contributed by atoms with Crippen LogP contribution in [0.1, 0.15) is 30.4 Å². The number of hydrogen-bond acceptors (Lipinski definition) is 2. The van der Waals surface area contributed by atoms with Crippen molar-refractivity contribution >= 4 is 43.5 Å². The molecule has 2 aromatic rings. The molecule has 5 heteroatoms. The minimum Gasteiger partial charge on any atom is -0.236 e. The van der Waals surface area contributed by atoms with E-state index in [0.717, 1.165) is 33.3 Å². The third kappa shape index (κ3) is 4.01. The van der Waals surface area contributed by atoms with Crippen LogP contribution in [0.3, 0.4) is 0 Å². The van der Waals surface area contributed by atoms with Crippen molar-refractivity contribution < 1.29 is 0 Å². The van der Waals surface area contributed by atoms with Gasteiger partial charge < -0.3 is 0 Å². The second-order valence-electron chi connectivity index (χ2n) is 4.24. The van der Waals surface area contributed by atoms with Crippen LogP contribution in [0.15, 0.2) is 33.2 Å². The lowest BCUT2D eigenvalue weighted by atomic mass is 10.1. The van der Waals surface area contributed by atoms with E-state index in [1.165, 1.54) is 5.56 Å². The second-order valence-corrected chi connectivity index (χ2v) is 6.31. The first-order valence-electron chi connectivity index (χ1n) is 6.05. The average molecular weight is 405 g/mol. The maximum Gasteiger partial charge on any atom is 0.147 e. The molecular weight excluding hydrogens is 391 g/mol. The van der Waals surface area contributed by atoms with E-state index < -0.39 is 0 Å². The first-order valence-corrected chi connectivity index (χ1v) is 8.01. The third-order valence-corrected chi connectivity index (χ3v) is 4.55. The van der Waals surface area contributed by atoms with Crippen LogP contribution in [0.4, 0.5) is 0 Å². The van der Waals surface area contributed by atoms with Crippen LogP contribution in [-0.4, -0.2) is 9.97 Å². The topological polar surface area (TPSA) is 25.8 Å². The van der Waals surface area contributed by atoms with Gasteiger partial charge in [-0.2, -0.15) is 0 Å². The van der Waals surface area contributed by atoms with Gasteiger partial charge in [-0.15, -0.1) is 0 Å². The number of aromatic nitrogens is 2.